The molecule has 0 fully saturated rings. The van der Waals surface area contributed by atoms with Crippen LogP contribution in [-0.4, -0.2) is 0 Å². The van der Waals surface area contributed by atoms with Gasteiger partial charge in [-0.1, -0.05) is 38.8 Å². The third-order valence-corrected chi connectivity index (χ3v) is 3.65. The number of nitrogens with zero attached hydrogens (tertiary/aromatic N) is 1. The van der Waals surface area contributed by atoms with Crippen molar-refractivity contribution in [2.24, 2.45) is 0 Å². The molecule has 18 heavy (non-hydrogen) atoms. The number of para-hydroxylation sites is 1. The van der Waals surface area contributed by atoms with E-state index in [1.165, 1.54) is 42.1 Å². The first kappa shape index (κ1) is 13.1. The summed E-state index contributed by atoms with van der Waals surface area (Å²) in [6.07, 6.45) is 8.65. The van der Waals surface area contributed by atoms with Crippen molar-refractivity contribution in [2.45, 2.75) is 52.5 Å². The van der Waals surface area contributed by atoms with Crippen molar-refractivity contribution >= 4 is 10.9 Å². The monoisotopic (exact) mass is 242 g/mol. The summed E-state index contributed by atoms with van der Waals surface area (Å²) < 4.78 is 2.41. The Morgan fingerprint density at radius 2 is 1.78 bits per heavy atom. The van der Waals surface area contributed by atoms with Crippen LogP contribution < -0.4 is 4.57 Å². The predicted octanol–water partition coefficient (Wildman–Crippen LogP) is 4.27. The minimum atomic E-state index is 1.11. The predicted molar refractivity (Wildman–Crippen MR) is 77.7 cm³/mol. The van der Waals surface area contributed by atoms with Gasteiger partial charge in [-0.3, -0.25) is 0 Å². The van der Waals surface area contributed by atoms with Crippen molar-refractivity contribution in [1.82, 2.24) is 0 Å². The Hall–Kier alpha value is -1.37. The van der Waals surface area contributed by atoms with Crippen LogP contribution in [0, 0.1) is 0 Å². The first-order valence-electron chi connectivity index (χ1n) is 7.27. The van der Waals surface area contributed by atoms with Gasteiger partial charge in [-0.2, -0.15) is 4.57 Å². The quantitative estimate of drug-likeness (QED) is 0.526. The van der Waals surface area contributed by atoms with Crippen molar-refractivity contribution in [3.8, 4) is 0 Å². The number of unbranched alkanes of at least 4 members (excludes halogenated alkanes) is 3. The smallest absolute Gasteiger partial charge is 0.198 e. The molecule has 2 aromatic rings. The Morgan fingerprint density at radius 3 is 2.56 bits per heavy atom. The highest BCUT2D eigenvalue weighted by atomic mass is 14.9. The second-order valence-electron chi connectivity index (χ2n) is 4.97. The van der Waals surface area contributed by atoms with Crippen LogP contribution in [-0.2, 0) is 13.0 Å². The summed E-state index contributed by atoms with van der Waals surface area (Å²) in [5.41, 5.74) is 2.84. The van der Waals surface area contributed by atoms with Crippen molar-refractivity contribution in [3.63, 3.8) is 0 Å². The maximum Gasteiger partial charge on any atom is 0.212 e. The highest BCUT2D eigenvalue weighted by Gasteiger charge is 2.10. The summed E-state index contributed by atoms with van der Waals surface area (Å²) in [5, 5.41) is 1.41. The molecule has 0 aliphatic rings. The van der Waals surface area contributed by atoms with E-state index in [-0.39, 0.29) is 0 Å². The summed E-state index contributed by atoms with van der Waals surface area (Å²) >= 11 is 0. The molecule has 1 nitrogen and oxygen atoms in total. The number of hydrogen-bond acceptors (Lipinski definition) is 0. The average molecular weight is 242 g/mol. The summed E-state index contributed by atoms with van der Waals surface area (Å²) in [6, 6.07) is 11.1. The zero-order chi connectivity index (χ0) is 12.8. The van der Waals surface area contributed by atoms with Crippen molar-refractivity contribution in [2.75, 3.05) is 0 Å². The molecular weight excluding hydrogens is 218 g/mol. The highest BCUT2D eigenvalue weighted by molar-refractivity contribution is 5.79. The zero-order valence-electron chi connectivity index (χ0n) is 11.7. The number of aryl methyl sites for hydroxylation is 2. The molecule has 0 aliphatic carbocycles. The molecule has 0 atom stereocenters. The summed E-state index contributed by atoms with van der Waals surface area (Å²) in [5.74, 6) is 0. The van der Waals surface area contributed by atoms with Gasteiger partial charge in [0, 0.05) is 23.9 Å². The van der Waals surface area contributed by atoms with E-state index in [9.17, 15) is 0 Å². The maximum absolute atomic E-state index is 2.41. The minimum absolute atomic E-state index is 1.11. The van der Waals surface area contributed by atoms with E-state index in [0.717, 1.165) is 13.0 Å². The lowest BCUT2D eigenvalue weighted by atomic mass is 10.1. The van der Waals surface area contributed by atoms with Gasteiger partial charge in [0.25, 0.3) is 0 Å². The van der Waals surface area contributed by atoms with Crippen LogP contribution in [0.25, 0.3) is 10.9 Å². The molecule has 0 spiro atoms. The average Bonchev–Trinajstić information content (AvgIpc) is 2.43. The molecule has 0 radical (unpaired) electrons. The number of benzene rings is 1. The van der Waals surface area contributed by atoms with Gasteiger partial charge in [0.1, 0.15) is 6.54 Å². The summed E-state index contributed by atoms with van der Waals surface area (Å²) in [6.45, 7) is 5.64. The SMILES string of the molecule is CCCCCC[n+]1ccc(CC)c2ccccc21. The first-order chi connectivity index (χ1) is 8.86. The van der Waals surface area contributed by atoms with Crippen molar-refractivity contribution in [3.05, 3.63) is 42.1 Å². The second-order valence-corrected chi connectivity index (χ2v) is 4.97. The fourth-order valence-electron chi connectivity index (χ4n) is 2.56. The normalized spacial score (nSPS) is 11.0. The Labute approximate surface area is 110 Å². The second kappa shape index (κ2) is 6.53. The molecule has 0 amide bonds. The Kier molecular flexibility index (Phi) is 4.74. The van der Waals surface area contributed by atoms with E-state index in [1.807, 2.05) is 0 Å². The summed E-state index contributed by atoms with van der Waals surface area (Å²) in [4.78, 5) is 0. The fourth-order valence-corrected chi connectivity index (χ4v) is 2.56. The van der Waals surface area contributed by atoms with E-state index < -0.39 is 0 Å². The van der Waals surface area contributed by atoms with Crippen LogP contribution in [0.4, 0.5) is 0 Å². The van der Waals surface area contributed by atoms with Crippen molar-refractivity contribution in [1.29, 1.82) is 0 Å². The van der Waals surface area contributed by atoms with Gasteiger partial charge < -0.3 is 0 Å². The van der Waals surface area contributed by atoms with Gasteiger partial charge in [-0.05, 0) is 24.5 Å². The van der Waals surface area contributed by atoms with Gasteiger partial charge in [0.2, 0.25) is 5.52 Å². The Morgan fingerprint density at radius 1 is 0.944 bits per heavy atom. The molecule has 1 aromatic carbocycles. The number of rotatable bonds is 6. The fraction of sp³-hybridized carbons (Fsp3) is 0.471. The molecular formula is C17H24N+. The minimum Gasteiger partial charge on any atom is -0.198 e. The van der Waals surface area contributed by atoms with Gasteiger partial charge in [-0.15, -0.1) is 0 Å². The third kappa shape index (κ3) is 2.90. The molecule has 0 N–H and O–H groups in total. The number of pyridine rings is 1. The van der Waals surface area contributed by atoms with Crippen LogP contribution >= 0.6 is 0 Å². The highest BCUT2D eigenvalue weighted by Crippen LogP contribution is 2.15. The number of hydrogen-bond donors (Lipinski definition) is 0. The number of fused-ring (bicyclic) bond motifs is 1. The first-order valence-corrected chi connectivity index (χ1v) is 7.27. The van der Waals surface area contributed by atoms with Crippen LogP contribution in [0.5, 0.6) is 0 Å². The molecule has 2 rings (SSSR count). The standard InChI is InChI=1S/C17H24N/c1-3-5-6-9-13-18-14-12-15(4-2)16-10-7-8-11-17(16)18/h7-8,10-12,14H,3-6,9,13H2,1-2H3/q+1. The van der Waals surface area contributed by atoms with Gasteiger partial charge >= 0.3 is 0 Å². The van der Waals surface area contributed by atoms with Crippen LogP contribution in [0.2, 0.25) is 0 Å². The van der Waals surface area contributed by atoms with Gasteiger partial charge in [0.05, 0.1) is 0 Å². The molecule has 0 saturated heterocycles. The van der Waals surface area contributed by atoms with E-state index in [1.54, 1.807) is 0 Å². The zero-order valence-corrected chi connectivity index (χ0v) is 11.7. The molecule has 96 valence electrons. The Bertz CT molecular complexity index is 502. The topological polar surface area (TPSA) is 3.88 Å². The number of aromatic nitrogens is 1. The summed E-state index contributed by atoms with van der Waals surface area (Å²) in [7, 11) is 0. The van der Waals surface area contributed by atoms with Gasteiger partial charge in [0.15, 0.2) is 6.20 Å². The van der Waals surface area contributed by atoms with Crippen LogP contribution in [0.15, 0.2) is 36.5 Å². The molecule has 1 heterocycles. The molecule has 0 aliphatic heterocycles. The van der Waals surface area contributed by atoms with Crippen LogP contribution in [0.1, 0.15) is 45.1 Å². The van der Waals surface area contributed by atoms with Crippen LogP contribution in [0.3, 0.4) is 0 Å². The molecule has 1 heteroatoms. The lowest BCUT2D eigenvalue weighted by molar-refractivity contribution is -0.671. The third-order valence-electron chi connectivity index (χ3n) is 3.65. The van der Waals surface area contributed by atoms with Gasteiger partial charge in [-0.25, -0.2) is 0 Å². The van der Waals surface area contributed by atoms with E-state index in [0.29, 0.717) is 0 Å². The van der Waals surface area contributed by atoms with Crippen molar-refractivity contribution < 1.29 is 4.57 Å². The lowest BCUT2D eigenvalue weighted by Crippen LogP contribution is -2.34. The molecule has 0 saturated carbocycles. The maximum atomic E-state index is 2.41. The molecule has 0 unspecified atom stereocenters. The largest absolute Gasteiger partial charge is 0.212 e. The van der Waals surface area contributed by atoms with E-state index in [4.69, 9.17) is 0 Å². The molecule has 1 aromatic heterocycles. The Balaban J connectivity index is 2.23. The van der Waals surface area contributed by atoms with E-state index >= 15 is 0 Å². The lowest BCUT2D eigenvalue weighted by Gasteiger charge is -2.05. The van der Waals surface area contributed by atoms with E-state index in [2.05, 4.69) is 54.9 Å². The molecule has 0 bridgehead atoms.